The molecular weight excluding hydrogens is 348 g/mol. The van der Waals surface area contributed by atoms with Crippen molar-refractivity contribution in [2.45, 2.75) is 70.3 Å². The zero-order valence-corrected chi connectivity index (χ0v) is 17.0. The van der Waals surface area contributed by atoms with Gasteiger partial charge in [-0.15, -0.1) is 0 Å². The maximum Gasteiger partial charge on any atom is 0.227 e. The maximum absolute atomic E-state index is 13.1. The number of carbonyl (C=O) groups excluding carboxylic acids is 2. The Kier molecular flexibility index (Phi) is 6.33. The summed E-state index contributed by atoms with van der Waals surface area (Å²) in [5.41, 5.74) is 1.40. The van der Waals surface area contributed by atoms with Crippen LogP contribution in [0.25, 0.3) is 0 Å². The fourth-order valence-electron chi connectivity index (χ4n) is 5.38. The van der Waals surface area contributed by atoms with Gasteiger partial charge in [-0.05, 0) is 43.6 Å². The third-order valence-electron chi connectivity index (χ3n) is 7.07. The lowest BCUT2D eigenvalue weighted by Gasteiger charge is -2.34. The third-order valence-corrected chi connectivity index (χ3v) is 7.07. The maximum atomic E-state index is 13.1. The normalized spacial score (nSPS) is 25.1. The van der Waals surface area contributed by atoms with Crippen LogP contribution in [0.15, 0.2) is 30.3 Å². The summed E-state index contributed by atoms with van der Waals surface area (Å²) in [7, 11) is 0. The summed E-state index contributed by atoms with van der Waals surface area (Å²) in [4.78, 5) is 29.7. The van der Waals surface area contributed by atoms with Crippen molar-refractivity contribution in [1.29, 1.82) is 0 Å². The quantitative estimate of drug-likeness (QED) is 0.738. The van der Waals surface area contributed by atoms with Crippen molar-refractivity contribution in [3.05, 3.63) is 35.9 Å². The number of benzene rings is 1. The highest BCUT2D eigenvalue weighted by molar-refractivity contribution is 5.89. The van der Waals surface area contributed by atoms with Crippen LogP contribution in [-0.2, 0) is 16.0 Å². The number of likely N-dealkylation sites (tertiary alicyclic amines) is 2. The van der Waals surface area contributed by atoms with Gasteiger partial charge in [-0.25, -0.2) is 0 Å². The second kappa shape index (κ2) is 9.11. The first-order valence-corrected chi connectivity index (χ1v) is 11.3. The molecule has 1 saturated carbocycles. The molecule has 4 nitrogen and oxygen atoms in total. The first-order chi connectivity index (χ1) is 13.7. The molecule has 0 aromatic heterocycles. The van der Waals surface area contributed by atoms with E-state index in [0.717, 1.165) is 45.2 Å². The summed E-state index contributed by atoms with van der Waals surface area (Å²) < 4.78 is 0. The van der Waals surface area contributed by atoms with E-state index in [0.29, 0.717) is 24.9 Å². The number of nitrogens with zero attached hydrogens (tertiary/aromatic N) is 2. The topological polar surface area (TPSA) is 40.6 Å². The monoisotopic (exact) mass is 382 g/mol. The van der Waals surface area contributed by atoms with E-state index < -0.39 is 0 Å². The van der Waals surface area contributed by atoms with Gasteiger partial charge in [0.25, 0.3) is 0 Å². The molecule has 1 unspecified atom stereocenters. The van der Waals surface area contributed by atoms with E-state index in [1.165, 1.54) is 31.2 Å². The summed E-state index contributed by atoms with van der Waals surface area (Å²) in [6.07, 6.45) is 11.0. The van der Waals surface area contributed by atoms with Gasteiger partial charge in [0.2, 0.25) is 11.8 Å². The SMILES string of the molecule is O=C(C1CC(=O)N(C2CCCCCC2)C1)N1CCC(Cc2ccccc2)CC1. The van der Waals surface area contributed by atoms with Crippen LogP contribution >= 0.6 is 0 Å². The van der Waals surface area contributed by atoms with E-state index in [4.69, 9.17) is 0 Å². The molecule has 152 valence electrons. The fourth-order valence-corrected chi connectivity index (χ4v) is 5.38. The molecule has 2 saturated heterocycles. The predicted octanol–water partition coefficient (Wildman–Crippen LogP) is 4.04. The molecule has 3 fully saturated rings. The lowest BCUT2D eigenvalue weighted by Crippen LogP contribution is -2.43. The highest BCUT2D eigenvalue weighted by Gasteiger charge is 2.40. The smallest absolute Gasteiger partial charge is 0.227 e. The van der Waals surface area contributed by atoms with Gasteiger partial charge in [-0.2, -0.15) is 0 Å². The summed E-state index contributed by atoms with van der Waals surface area (Å²) >= 11 is 0. The van der Waals surface area contributed by atoms with Gasteiger partial charge in [-0.3, -0.25) is 9.59 Å². The Morgan fingerprint density at radius 3 is 2.29 bits per heavy atom. The van der Waals surface area contributed by atoms with Crippen LogP contribution in [0.3, 0.4) is 0 Å². The van der Waals surface area contributed by atoms with E-state index >= 15 is 0 Å². The minimum atomic E-state index is -0.110. The predicted molar refractivity (Wildman–Crippen MR) is 111 cm³/mol. The zero-order chi connectivity index (χ0) is 19.3. The molecule has 0 spiro atoms. The molecule has 0 radical (unpaired) electrons. The van der Waals surface area contributed by atoms with Gasteiger partial charge in [-0.1, -0.05) is 56.0 Å². The van der Waals surface area contributed by atoms with Crippen molar-refractivity contribution in [3.8, 4) is 0 Å². The van der Waals surface area contributed by atoms with E-state index in [1.807, 2.05) is 4.90 Å². The van der Waals surface area contributed by atoms with Crippen molar-refractivity contribution in [2.75, 3.05) is 19.6 Å². The van der Waals surface area contributed by atoms with Gasteiger partial charge < -0.3 is 9.80 Å². The van der Waals surface area contributed by atoms with Crippen LogP contribution in [0.4, 0.5) is 0 Å². The lowest BCUT2D eigenvalue weighted by molar-refractivity contribution is -0.137. The molecule has 2 aliphatic heterocycles. The lowest BCUT2D eigenvalue weighted by atomic mass is 9.89. The highest BCUT2D eigenvalue weighted by Crippen LogP contribution is 2.30. The van der Waals surface area contributed by atoms with Crippen molar-refractivity contribution in [1.82, 2.24) is 9.80 Å². The Labute approximate surface area is 169 Å². The number of carbonyl (C=O) groups is 2. The number of piperidine rings is 1. The summed E-state index contributed by atoms with van der Waals surface area (Å²) in [6.45, 7) is 2.36. The molecule has 2 amide bonds. The molecule has 4 heteroatoms. The van der Waals surface area contributed by atoms with E-state index in [9.17, 15) is 9.59 Å². The van der Waals surface area contributed by atoms with Gasteiger partial charge in [0.1, 0.15) is 0 Å². The molecule has 1 aromatic carbocycles. The molecule has 2 heterocycles. The average Bonchev–Trinajstić information content (AvgIpc) is 2.92. The number of hydrogen-bond acceptors (Lipinski definition) is 2. The van der Waals surface area contributed by atoms with Crippen LogP contribution in [-0.4, -0.2) is 47.3 Å². The number of amides is 2. The van der Waals surface area contributed by atoms with Gasteiger partial charge in [0, 0.05) is 32.1 Å². The van der Waals surface area contributed by atoms with Crippen molar-refractivity contribution in [3.63, 3.8) is 0 Å². The Morgan fingerprint density at radius 2 is 1.61 bits per heavy atom. The largest absolute Gasteiger partial charge is 0.342 e. The second-order valence-electron chi connectivity index (χ2n) is 9.05. The molecule has 1 aromatic rings. The Bertz CT molecular complexity index is 658. The Morgan fingerprint density at radius 1 is 0.929 bits per heavy atom. The molecule has 28 heavy (non-hydrogen) atoms. The molecular formula is C24H34N2O2. The summed E-state index contributed by atoms with van der Waals surface area (Å²) in [5.74, 6) is 0.993. The van der Waals surface area contributed by atoms with Crippen LogP contribution < -0.4 is 0 Å². The fraction of sp³-hybridized carbons (Fsp3) is 0.667. The van der Waals surface area contributed by atoms with Gasteiger partial charge in [0.05, 0.1) is 5.92 Å². The van der Waals surface area contributed by atoms with Crippen molar-refractivity contribution in [2.24, 2.45) is 11.8 Å². The average molecular weight is 383 g/mol. The first-order valence-electron chi connectivity index (χ1n) is 11.3. The van der Waals surface area contributed by atoms with Crippen LogP contribution in [0.2, 0.25) is 0 Å². The third kappa shape index (κ3) is 4.59. The molecule has 0 bridgehead atoms. The van der Waals surface area contributed by atoms with Gasteiger partial charge in [0.15, 0.2) is 0 Å². The summed E-state index contributed by atoms with van der Waals surface area (Å²) in [6, 6.07) is 11.0. The molecule has 4 rings (SSSR count). The Hall–Kier alpha value is -1.84. The van der Waals surface area contributed by atoms with E-state index in [-0.39, 0.29) is 17.7 Å². The first kappa shape index (κ1) is 19.5. The minimum absolute atomic E-state index is 0.110. The molecule has 1 atom stereocenters. The Balaban J connectivity index is 1.27. The van der Waals surface area contributed by atoms with Crippen molar-refractivity contribution < 1.29 is 9.59 Å². The second-order valence-corrected chi connectivity index (χ2v) is 9.05. The van der Waals surface area contributed by atoms with Crippen LogP contribution in [0, 0.1) is 11.8 Å². The zero-order valence-electron chi connectivity index (χ0n) is 17.0. The molecule has 1 aliphatic carbocycles. The number of hydrogen-bond donors (Lipinski definition) is 0. The van der Waals surface area contributed by atoms with Gasteiger partial charge >= 0.3 is 0 Å². The summed E-state index contributed by atoms with van der Waals surface area (Å²) in [5, 5.41) is 0. The highest BCUT2D eigenvalue weighted by atomic mass is 16.2. The van der Waals surface area contributed by atoms with Crippen molar-refractivity contribution >= 4 is 11.8 Å². The van der Waals surface area contributed by atoms with Crippen LogP contribution in [0.1, 0.15) is 63.4 Å². The van der Waals surface area contributed by atoms with Crippen LogP contribution in [0.5, 0.6) is 0 Å². The number of rotatable bonds is 4. The minimum Gasteiger partial charge on any atom is -0.342 e. The standard InChI is InChI=1S/C24H34N2O2/c27-23-17-21(18-26(23)22-10-6-1-2-7-11-22)24(28)25-14-12-20(13-15-25)16-19-8-4-3-5-9-19/h3-5,8-9,20-22H,1-2,6-7,10-18H2. The molecule has 0 N–H and O–H groups in total. The molecule has 3 aliphatic rings. The van der Waals surface area contributed by atoms with E-state index in [2.05, 4.69) is 35.2 Å². The van der Waals surface area contributed by atoms with E-state index in [1.54, 1.807) is 0 Å².